The lowest BCUT2D eigenvalue weighted by molar-refractivity contribution is -0.118. The van der Waals surface area contributed by atoms with Crippen LogP contribution >= 0.6 is 0 Å². The van der Waals surface area contributed by atoms with Crippen molar-refractivity contribution in [2.75, 3.05) is 18.8 Å². The fraction of sp³-hybridized carbons (Fsp3) is 0.409. The molecule has 0 aliphatic rings. The lowest BCUT2D eigenvalue weighted by Crippen LogP contribution is -2.34. The summed E-state index contributed by atoms with van der Waals surface area (Å²) in [7, 11) is -3.23. The number of rotatable bonds is 11. The Labute approximate surface area is 173 Å². The molecule has 1 amide bonds. The second-order valence-corrected chi connectivity index (χ2v) is 8.98. The van der Waals surface area contributed by atoms with Crippen LogP contribution in [0.3, 0.4) is 0 Å². The molecule has 0 saturated heterocycles. The smallest absolute Gasteiger partial charge is 0.216 e. The van der Waals surface area contributed by atoms with Crippen molar-refractivity contribution in [1.29, 1.82) is 0 Å². The lowest BCUT2D eigenvalue weighted by Gasteiger charge is -2.16. The van der Waals surface area contributed by atoms with E-state index in [1.54, 1.807) is 0 Å². The molecular formula is C22H30N2O4S. The summed E-state index contributed by atoms with van der Waals surface area (Å²) in [5, 5.41) is 2.79. The van der Waals surface area contributed by atoms with Gasteiger partial charge in [-0.1, -0.05) is 43.3 Å². The van der Waals surface area contributed by atoms with Crippen LogP contribution in [0, 0.1) is 0 Å². The Morgan fingerprint density at radius 2 is 1.62 bits per heavy atom. The molecule has 7 heteroatoms. The minimum Gasteiger partial charge on any atom is -0.489 e. The molecule has 29 heavy (non-hydrogen) atoms. The van der Waals surface area contributed by atoms with Gasteiger partial charge in [0.05, 0.1) is 5.75 Å². The molecule has 158 valence electrons. The zero-order valence-electron chi connectivity index (χ0n) is 17.3. The van der Waals surface area contributed by atoms with E-state index < -0.39 is 10.0 Å². The van der Waals surface area contributed by atoms with Gasteiger partial charge in [0.1, 0.15) is 11.9 Å². The van der Waals surface area contributed by atoms with Crippen LogP contribution < -0.4 is 14.8 Å². The lowest BCUT2D eigenvalue weighted by atomic mass is 10.0. The highest BCUT2D eigenvalue weighted by Gasteiger charge is 2.12. The van der Waals surface area contributed by atoms with Crippen LogP contribution in [0.4, 0.5) is 0 Å². The van der Waals surface area contributed by atoms with Crippen LogP contribution in [0.2, 0.25) is 0 Å². The van der Waals surface area contributed by atoms with Crippen molar-refractivity contribution in [3.05, 3.63) is 54.1 Å². The Bertz CT molecular complexity index is 878. The molecule has 0 aromatic heterocycles. The van der Waals surface area contributed by atoms with Crippen molar-refractivity contribution >= 4 is 15.9 Å². The molecule has 0 aliphatic carbocycles. The normalized spacial score (nSPS) is 12.4. The maximum absolute atomic E-state index is 11.7. The van der Waals surface area contributed by atoms with E-state index in [-0.39, 0.29) is 24.3 Å². The van der Waals surface area contributed by atoms with E-state index in [0.717, 1.165) is 17.5 Å². The third-order valence-corrected chi connectivity index (χ3v) is 5.88. The summed E-state index contributed by atoms with van der Waals surface area (Å²) >= 11 is 0. The first-order chi connectivity index (χ1) is 13.8. The second kappa shape index (κ2) is 11.0. The molecule has 0 aliphatic heterocycles. The summed E-state index contributed by atoms with van der Waals surface area (Å²) in [4.78, 5) is 10.9. The van der Waals surface area contributed by atoms with Gasteiger partial charge < -0.3 is 10.1 Å². The highest BCUT2D eigenvalue weighted by molar-refractivity contribution is 7.89. The van der Waals surface area contributed by atoms with E-state index >= 15 is 0 Å². The Morgan fingerprint density at radius 1 is 1.03 bits per heavy atom. The fourth-order valence-corrected chi connectivity index (χ4v) is 4.00. The second-order valence-electron chi connectivity index (χ2n) is 7.05. The molecular weight excluding hydrogens is 388 g/mol. The van der Waals surface area contributed by atoms with Gasteiger partial charge >= 0.3 is 0 Å². The maximum Gasteiger partial charge on any atom is 0.216 e. The van der Waals surface area contributed by atoms with E-state index in [1.165, 1.54) is 12.5 Å². The van der Waals surface area contributed by atoms with Gasteiger partial charge in [-0.25, -0.2) is 13.1 Å². The van der Waals surface area contributed by atoms with Crippen molar-refractivity contribution < 1.29 is 17.9 Å². The van der Waals surface area contributed by atoms with Crippen LogP contribution in [-0.4, -0.2) is 39.3 Å². The Morgan fingerprint density at radius 3 is 2.17 bits per heavy atom. The number of nitrogens with one attached hydrogen (secondary N) is 2. The predicted molar refractivity (Wildman–Crippen MR) is 116 cm³/mol. The number of sulfonamides is 1. The van der Waals surface area contributed by atoms with Gasteiger partial charge in [-0.15, -0.1) is 0 Å². The van der Waals surface area contributed by atoms with E-state index in [4.69, 9.17) is 4.74 Å². The minimum absolute atomic E-state index is 0.0170. The van der Waals surface area contributed by atoms with Crippen LogP contribution in [-0.2, 0) is 21.2 Å². The predicted octanol–water partition coefficient (Wildman–Crippen LogP) is 3.13. The highest BCUT2D eigenvalue weighted by Crippen LogP contribution is 2.23. The van der Waals surface area contributed by atoms with Gasteiger partial charge in [-0.2, -0.15) is 0 Å². The molecule has 2 rings (SSSR count). The first-order valence-corrected chi connectivity index (χ1v) is 11.5. The van der Waals surface area contributed by atoms with Crippen molar-refractivity contribution in [1.82, 2.24) is 10.0 Å². The summed E-state index contributed by atoms with van der Waals surface area (Å²) < 4.78 is 31.8. The van der Waals surface area contributed by atoms with Crippen LogP contribution in [0.1, 0.15) is 32.8 Å². The van der Waals surface area contributed by atoms with Gasteiger partial charge in [0.15, 0.2) is 0 Å². The molecule has 2 aromatic carbocycles. The molecule has 0 saturated carbocycles. The number of hydrogen-bond acceptors (Lipinski definition) is 4. The van der Waals surface area contributed by atoms with Crippen LogP contribution in [0.5, 0.6) is 5.75 Å². The number of amides is 1. The Hall–Kier alpha value is -2.38. The van der Waals surface area contributed by atoms with Crippen LogP contribution in [0.15, 0.2) is 48.5 Å². The molecule has 2 N–H and O–H groups in total. The van der Waals surface area contributed by atoms with Crippen molar-refractivity contribution in [2.45, 2.75) is 39.7 Å². The van der Waals surface area contributed by atoms with Crippen molar-refractivity contribution in [3.63, 3.8) is 0 Å². The van der Waals surface area contributed by atoms with E-state index in [1.807, 2.05) is 38.1 Å². The van der Waals surface area contributed by atoms with Gasteiger partial charge in [0.25, 0.3) is 0 Å². The summed E-state index contributed by atoms with van der Waals surface area (Å²) in [5.74, 6) is 0.806. The molecule has 1 unspecified atom stereocenters. The highest BCUT2D eigenvalue weighted by atomic mass is 32.2. The van der Waals surface area contributed by atoms with Gasteiger partial charge in [-0.3, -0.25) is 4.79 Å². The average Bonchev–Trinajstić information content (AvgIpc) is 2.67. The first kappa shape index (κ1) is 22.9. The number of hydrogen-bond donors (Lipinski definition) is 2. The summed E-state index contributed by atoms with van der Waals surface area (Å²) in [6.45, 7) is 6.06. The third-order valence-electron chi connectivity index (χ3n) is 4.33. The quantitative estimate of drug-likeness (QED) is 0.587. The average molecular weight is 419 g/mol. The monoisotopic (exact) mass is 418 g/mol. The third kappa shape index (κ3) is 8.25. The zero-order chi connectivity index (χ0) is 21.3. The molecule has 0 heterocycles. The molecule has 2 aromatic rings. The molecule has 0 radical (unpaired) electrons. The summed E-state index contributed by atoms with van der Waals surface area (Å²) in [6.07, 6.45) is 1.12. The number of benzene rings is 2. The molecule has 6 nitrogen and oxygen atoms in total. The van der Waals surface area contributed by atoms with E-state index in [0.29, 0.717) is 18.7 Å². The topological polar surface area (TPSA) is 84.5 Å². The SMILES string of the molecule is CCCS(=O)(=O)NCC(C)Oc1ccc(-c2ccc(CCNC(C)=O)cc2)cc1. The minimum atomic E-state index is -3.23. The van der Waals surface area contributed by atoms with Crippen LogP contribution in [0.25, 0.3) is 11.1 Å². The Balaban J connectivity index is 1.88. The Kier molecular flexibility index (Phi) is 8.67. The maximum atomic E-state index is 11.7. The van der Waals surface area contributed by atoms with Crippen molar-refractivity contribution in [3.8, 4) is 16.9 Å². The standard InChI is InChI=1S/C22H30N2O4S/c1-4-15-29(26,27)24-16-17(2)28-22-11-9-21(10-12-22)20-7-5-19(6-8-20)13-14-23-18(3)25/h5-12,17,24H,4,13-16H2,1-3H3,(H,23,25). The van der Waals surface area contributed by atoms with E-state index in [9.17, 15) is 13.2 Å². The molecule has 0 bridgehead atoms. The van der Waals surface area contributed by atoms with Gasteiger partial charge in [-0.05, 0) is 48.6 Å². The number of ether oxygens (including phenoxy) is 1. The molecule has 0 spiro atoms. The number of carbonyl (C=O) groups excluding carboxylic acids is 1. The molecule has 1 atom stereocenters. The largest absolute Gasteiger partial charge is 0.489 e. The van der Waals surface area contributed by atoms with Gasteiger partial charge in [0, 0.05) is 20.0 Å². The zero-order valence-corrected chi connectivity index (χ0v) is 18.1. The summed E-state index contributed by atoms with van der Waals surface area (Å²) in [5.41, 5.74) is 3.34. The molecule has 0 fully saturated rings. The van der Waals surface area contributed by atoms with Gasteiger partial charge in [0.2, 0.25) is 15.9 Å². The van der Waals surface area contributed by atoms with Crippen molar-refractivity contribution in [2.24, 2.45) is 0 Å². The fourth-order valence-electron chi connectivity index (χ4n) is 2.83. The summed E-state index contributed by atoms with van der Waals surface area (Å²) in [6, 6.07) is 16.0. The first-order valence-electron chi connectivity index (χ1n) is 9.87. The van der Waals surface area contributed by atoms with E-state index in [2.05, 4.69) is 34.3 Å². The number of carbonyl (C=O) groups is 1.